The lowest BCUT2D eigenvalue weighted by Gasteiger charge is -2.12. The van der Waals surface area contributed by atoms with Crippen molar-refractivity contribution in [2.75, 3.05) is 0 Å². The molecule has 2 aromatic rings. The molecule has 1 heterocycles. The van der Waals surface area contributed by atoms with Gasteiger partial charge in [0.1, 0.15) is 0 Å². The Bertz CT molecular complexity index is 494. The summed E-state index contributed by atoms with van der Waals surface area (Å²) in [7, 11) is 0. The molecule has 0 aliphatic heterocycles. The van der Waals surface area contributed by atoms with Crippen LogP contribution < -0.4 is 0 Å². The third-order valence-corrected chi connectivity index (χ3v) is 5.42. The Balaban J connectivity index is 2.44. The van der Waals surface area contributed by atoms with Crippen molar-refractivity contribution in [1.82, 2.24) is 0 Å². The molecule has 4 heteroatoms. The van der Waals surface area contributed by atoms with E-state index in [-0.39, 0.29) is 5.38 Å². The fourth-order valence-corrected chi connectivity index (χ4v) is 3.75. The van der Waals surface area contributed by atoms with Gasteiger partial charge >= 0.3 is 0 Å². The van der Waals surface area contributed by atoms with E-state index in [9.17, 15) is 0 Å². The second-order valence-electron chi connectivity index (χ2n) is 3.50. The summed E-state index contributed by atoms with van der Waals surface area (Å²) in [5, 5.41) is 1.95. The molecule has 0 fully saturated rings. The second kappa shape index (κ2) is 5.21. The lowest BCUT2D eigenvalue weighted by Crippen LogP contribution is -1.93. The monoisotopic (exact) mass is 378 g/mol. The molecule has 2 rings (SSSR count). The summed E-state index contributed by atoms with van der Waals surface area (Å²) in [6.45, 7) is 2.06. The highest BCUT2D eigenvalue weighted by Gasteiger charge is 2.16. The smallest absolute Gasteiger partial charge is 0.0939 e. The zero-order valence-corrected chi connectivity index (χ0v) is 13.3. The van der Waals surface area contributed by atoms with E-state index in [0.29, 0.717) is 0 Å². The maximum Gasteiger partial charge on any atom is 0.0939 e. The first kappa shape index (κ1) is 12.6. The molecular weight excluding hydrogens is 371 g/mol. The van der Waals surface area contributed by atoms with Crippen LogP contribution >= 0.6 is 54.8 Å². The van der Waals surface area contributed by atoms with Gasteiger partial charge in [-0.15, -0.1) is 22.9 Å². The average Bonchev–Trinajstić information content (AvgIpc) is 2.75. The van der Waals surface area contributed by atoms with Crippen LogP contribution in [0.5, 0.6) is 0 Å². The third kappa shape index (κ3) is 2.53. The molecule has 0 N–H and O–H groups in total. The van der Waals surface area contributed by atoms with Crippen LogP contribution in [0.4, 0.5) is 0 Å². The maximum atomic E-state index is 6.46. The van der Waals surface area contributed by atoms with Gasteiger partial charge in [0, 0.05) is 13.8 Å². The molecule has 1 aromatic heterocycles. The van der Waals surface area contributed by atoms with Gasteiger partial charge in [0.05, 0.1) is 5.38 Å². The van der Waals surface area contributed by atoms with Crippen molar-refractivity contribution in [2.45, 2.75) is 12.3 Å². The first-order chi connectivity index (χ1) is 7.59. The summed E-state index contributed by atoms with van der Waals surface area (Å²) in [6, 6.07) is 8.24. The van der Waals surface area contributed by atoms with Crippen molar-refractivity contribution in [3.05, 3.63) is 54.6 Å². The number of thiophene rings is 1. The molecule has 0 radical (unpaired) electrons. The van der Waals surface area contributed by atoms with E-state index in [2.05, 4.69) is 57.0 Å². The van der Waals surface area contributed by atoms with E-state index >= 15 is 0 Å². The standard InChI is InChI=1S/C12H9Br2ClS/c1-7-5-10(14)8(6-9(7)13)12(15)11-3-2-4-16-11/h2-6,12H,1H3. The molecule has 0 aliphatic rings. The van der Waals surface area contributed by atoms with Crippen molar-refractivity contribution in [2.24, 2.45) is 0 Å². The Hall–Kier alpha value is 0.170. The summed E-state index contributed by atoms with van der Waals surface area (Å²) in [5.41, 5.74) is 2.30. The molecule has 0 saturated carbocycles. The minimum absolute atomic E-state index is 0.0914. The van der Waals surface area contributed by atoms with Crippen LogP contribution in [0.25, 0.3) is 0 Å². The lowest BCUT2D eigenvalue weighted by molar-refractivity contribution is 1.15. The Morgan fingerprint density at radius 3 is 2.62 bits per heavy atom. The van der Waals surface area contributed by atoms with E-state index in [1.165, 1.54) is 5.56 Å². The molecule has 1 aromatic carbocycles. The summed E-state index contributed by atoms with van der Waals surface area (Å²) >= 11 is 15.2. The number of alkyl halides is 1. The van der Waals surface area contributed by atoms with Gasteiger partial charge < -0.3 is 0 Å². The quantitative estimate of drug-likeness (QED) is 0.568. The first-order valence-electron chi connectivity index (χ1n) is 4.72. The largest absolute Gasteiger partial charge is 0.147 e. The number of hydrogen-bond acceptors (Lipinski definition) is 1. The fraction of sp³-hybridized carbons (Fsp3) is 0.167. The molecule has 0 nitrogen and oxygen atoms in total. The van der Waals surface area contributed by atoms with Gasteiger partial charge in [-0.1, -0.05) is 37.9 Å². The van der Waals surface area contributed by atoms with Gasteiger partial charge in [0.25, 0.3) is 0 Å². The van der Waals surface area contributed by atoms with Crippen molar-refractivity contribution in [3.8, 4) is 0 Å². The predicted molar refractivity (Wildman–Crippen MR) is 78.6 cm³/mol. The van der Waals surface area contributed by atoms with Gasteiger partial charge in [-0.3, -0.25) is 0 Å². The van der Waals surface area contributed by atoms with Crippen LogP contribution in [0, 0.1) is 6.92 Å². The molecule has 0 amide bonds. The van der Waals surface area contributed by atoms with Crippen molar-refractivity contribution < 1.29 is 0 Å². The summed E-state index contributed by atoms with van der Waals surface area (Å²) < 4.78 is 2.15. The minimum atomic E-state index is -0.0914. The van der Waals surface area contributed by atoms with Crippen LogP contribution in [0.2, 0.25) is 0 Å². The molecule has 0 saturated heterocycles. The summed E-state index contributed by atoms with van der Waals surface area (Å²) in [4.78, 5) is 1.16. The maximum absolute atomic E-state index is 6.46. The topological polar surface area (TPSA) is 0 Å². The Labute approximate surface area is 121 Å². The molecular formula is C12H9Br2ClS. The number of halogens is 3. The number of rotatable bonds is 2. The molecule has 16 heavy (non-hydrogen) atoms. The number of hydrogen-bond donors (Lipinski definition) is 0. The zero-order valence-electron chi connectivity index (χ0n) is 8.51. The van der Waals surface area contributed by atoms with Crippen LogP contribution in [0.1, 0.15) is 21.4 Å². The molecule has 0 bridgehead atoms. The van der Waals surface area contributed by atoms with E-state index in [4.69, 9.17) is 11.6 Å². The van der Waals surface area contributed by atoms with Crippen LogP contribution in [-0.2, 0) is 0 Å². The Morgan fingerprint density at radius 1 is 1.25 bits per heavy atom. The van der Waals surface area contributed by atoms with E-state index in [1.54, 1.807) is 11.3 Å². The normalized spacial score (nSPS) is 12.8. The second-order valence-corrected chi connectivity index (χ2v) is 6.63. The van der Waals surface area contributed by atoms with Crippen LogP contribution in [-0.4, -0.2) is 0 Å². The average molecular weight is 381 g/mol. The fourth-order valence-electron chi connectivity index (χ4n) is 1.44. The minimum Gasteiger partial charge on any atom is -0.147 e. The summed E-state index contributed by atoms with van der Waals surface area (Å²) in [5.74, 6) is 0. The molecule has 1 atom stereocenters. The van der Waals surface area contributed by atoms with Crippen molar-refractivity contribution in [3.63, 3.8) is 0 Å². The number of aryl methyl sites for hydroxylation is 1. The van der Waals surface area contributed by atoms with E-state index in [1.807, 2.05) is 11.4 Å². The molecule has 84 valence electrons. The Morgan fingerprint density at radius 2 is 2.00 bits per heavy atom. The molecule has 0 spiro atoms. The highest BCUT2D eigenvalue weighted by molar-refractivity contribution is 9.11. The predicted octanol–water partition coefficient (Wildman–Crippen LogP) is 5.91. The molecule has 1 unspecified atom stereocenters. The van der Waals surface area contributed by atoms with Crippen molar-refractivity contribution in [1.29, 1.82) is 0 Å². The third-order valence-electron chi connectivity index (χ3n) is 2.34. The van der Waals surface area contributed by atoms with E-state index in [0.717, 1.165) is 19.4 Å². The van der Waals surface area contributed by atoms with Gasteiger partial charge in [0.15, 0.2) is 0 Å². The summed E-state index contributed by atoms with van der Waals surface area (Å²) in [6.07, 6.45) is 0. The van der Waals surface area contributed by atoms with Gasteiger partial charge in [0.2, 0.25) is 0 Å². The van der Waals surface area contributed by atoms with Gasteiger partial charge in [-0.2, -0.15) is 0 Å². The number of benzene rings is 1. The SMILES string of the molecule is Cc1cc(Br)c(C(Cl)c2cccs2)cc1Br. The van der Waals surface area contributed by atoms with Crippen LogP contribution in [0.3, 0.4) is 0 Å². The highest BCUT2D eigenvalue weighted by Crippen LogP contribution is 2.38. The van der Waals surface area contributed by atoms with Crippen LogP contribution in [0.15, 0.2) is 38.6 Å². The zero-order chi connectivity index (χ0) is 11.7. The van der Waals surface area contributed by atoms with Gasteiger partial charge in [-0.25, -0.2) is 0 Å². The van der Waals surface area contributed by atoms with E-state index < -0.39 is 0 Å². The van der Waals surface area contributed by atoms with Gasteiger partial charge in [-0.05, 0) is 41.6 Å². The molecule has 0 aliphatic carbocycles. The first-order valence-corrected chi connectivity index (χ1v) is 7.63. The Kier molecular flexibility index (Phi) is 4.11. The highest BCUT2D eigenvalue weighted by atomic mass is 79.9. The lowest BCUT2D eigenvalue weighted by atomic mass is 10.1. The van der Waals surface area contributed by atoms with Crippen molar-refractivity contribution >= 4 is 54.8 Å².